The van der Waals surface area contributed by atoms with Gasteiger partial charge in [0.05, 0.1) is 18.8 Å². The lowest BCUT2D eigenvalue weighted by Crippen LogP contribution is -2.51. The molecule has 1 amide bonds. The van der Waals surface area contributed by atoms with Crippen molar-refractivity contribution in [1.29, 1.82) is 0 Å². The molecular formula is C35H48F3N8O4S-. The number of hydrogen-bond acceptors (Lipinski definition) is 10. The second-order valence-corrected chi connectivity index (χ2v) is 14.7. The minimum absolute atomic E-state index is 0.0570. The summed E-state index contributed by atoms with van der Waals surface area (Å²) in [5.41, 5.74) is 0.916. The fraction of sp³-hybridized carbons (Fsp3) is 0.571. The van der Waals surface area contributed by atoms with Crippen LogP contribution in [0.5, 0.6) is 0 Å². The van der Waals surface area contributed by atoms with Gasteiger partial charge in [0.1, 0.15) is 17.1 Å². The summed E-state index contributed by atoms with van der Waals surface area (Å²) >= 11 is -2.58. The Kier molecular flexibility index (Phi) is 12.6. The lowest BCUT2D eigenvalue weighted by atomic mass is 9.99. The molecule has 2 heterocycles. The third-order valence-corrected chi connectivity index (χ3v) is 10.3. The third kappa shape index (κ3) is 10.4. The molecule has 12 nitrogen and oxygen atoms in total. The molecule has 1 aromatic heterocycles. The number of ether oxygens (including phenoxy) is 1. The van der Waals surface area contributed by atoms with Crippen molar-refractivity contribution >= 4 is 34.6 Å². The molecule has 1 saturated carbocycles. The van der Waals surface area contributed by atoms with E-state index >= 15 is 0 Å². The first-order valence-corrected chi connectivity index (χ1v) is 18.3. The first-order chi connectivity index (χ1) is 24.2. The summed E-state index contributed by atoms with van der Waals surface area (Å²) < 4.78 is 71.7. The van der Waals surface area contributed by atoms with Crippen molar-refractivity contribution < 1.29 is 31.5 Å². The molecule has 0 spiro atoms. The number of carbonyl (C=O) groups excluding carboxylic acids is 1. The monoisotopic (exact) mass is 733 g/mol. The van der Waals surface area contributed by atoms with Gasteiger partial charge in [0.2, 0.25) is 5.95 Å². The third-order valence-electron chi connectivity index (χ3n) is 9.68. The molecule has 0 bridgehead atoms. The second kappa shape index (κ2) is 16.7. The molecule has 1 aliphatic heterocycles. The van der Waals surface area contributed by atoms with Gasteiger partial charge >= 0.3 is 6.18 Å². The van der Waals surface area contributed by atoms with Crippen LogP contribution in [0.15, 0.2) is 47.9 Å². The molecular weight excluding hydrogens is 685 g/mol. The smallest absolute Gasteiger partial charge is 0.421 e. The van der Waals surface area contributed by atoms with Gasteiger partial charge in [0.15, 0.2) is 0 Å². The lowest BCUT2D eigenvalue weighted by molar-refractivity contribution is -0.137. The quantitative estimate of drug-likeness (QED) is 0.223. The number of aryl methyl sites for hydroxylation is 1. The van der Waals surface area contributed by atoms with E-state index in [-0.39, 0.29) is 24.4 Å². The van der Waals surface area contributed by atoms with Crippen LogP contribution in [0.4, 0.5) is 30.6 Å². The van der Waals surface area contributed by atoms with E-state index in [1.54, 1.807) is 37.3 Å². The predicted molar refractivity (Wildman–Crippen MR) is 190 cm³/mol. The molecule has 1 saturated heterocycles. The molecule has 16 heteroatoms. The molecule has 2 aromatic rings. The number of piperazine rings is 1. The van der Waals surface area contributed by atoms with E-state index in [2.05, 4.69) is 42.6 Å². The zero-order valence-electron chi connectivity index (χ0n) is 29.8. The predicted octanol–water partition coefficient (Wildman–Crippen LogP) is 4.60. The Hall–Kier alpha value is -3.73. The van der Waals surface area contributed by atoms with Crippen LogP contribution in [0.1, 0.15) is 56.2 Å². The van der Waals surface area contributed by atoms with Crippen LogP contribution in [-0.4, -0.2) is 99.4 Å². The van der Waals surface area contributed by atoms with Gasteiger partial charge in [-0.2, -0.15) is 18.2 Å². The molecule has 2 aliphatic carbocycles. The molecule has 51 heavy (non-hydrogen) atoms. The average Bonchev–Trinajstić information content (AvgIpc) is 3.91. The maximum Gasteiger partial charge on any atom is 0.421 e. The van der Waals surface area contributed by atoms with Crippen LogP contribution in [0.25, 0.3) is 0 Å². The summed E-state index contributed by atoms with van der Waals surface area (Å²) in [5, 5.41) is 8.86. The Bertz CT molecular complexity index is 1630. The molecule has 280 valence electrons. The zero-order chi connectivity index (χ0) is 36.9. The number of anilines is 3. The summed E-state index contributed by atoms with van der Waals surface area (Å²) in [6.07, 6.45) is 3.15. The molecule has 1 aromatic carbocycles. The number of rotatable bonds is 15. The Balaban J connectivity index is 1.19. The van der Waals surface area contributed by atoms with Crippen LogP contribution in [0.2, 0.25) is 0 Å². The van der Waals surface area contributed by atoms with E-state index in [1.807, 2.05) is 6.92 Å². The number of carbonyl (C=O) groups is 1. The molecule has 4 unspecified atom stereocenters. The van der Waals surface area contributed by atoms with Crippen molar-refractivity contribution in [2.45, 2.75) is 77.3 Å². The number of methoxy groups -OCH3 is 1. The van der Waals surface area contributed by atoms with Crippen LogP contribution < -0.4 is 20.3 Å². The summed E-state index contributed by atoms with van der Waals surface area (Å²) in [6, 6.07) is 4.74. The Morgan fingerprint density at radius 1 is 1.20 bits per heavy atom. The summed E-state index contributed by atoms with van der Waals surface area (Å²) in [4.78, 5) is 26.4. The van der Waals surface area contributed by atoms with Crippen LogP contribution in [0.3, 0.4) is 0 Å². The second-order valence-electron chi connectivity index (χ2n) is 13.7. The van der Waals surface area contributed by atoms with E-state index in [4.69, 9.17) is 4.74 Å². The molecule has 0 radical (unpaired) electrons. The first kappa shape index (κ1) is 38.5. The van der Waals surface area contributed by atoms with Crippen LogP contribution in [0, 0.1) is 12.8 Å². The van der Waals surface area contributed by atoms with Crippen LogP contribution in [-0.2, 0) is 33.5 Å². The largest absolute Gasteiger partial charge is 0.755 e. The average molecular weight is 734 g/mol. The van der Waals surface area contributed by atoms with E-state index in [1.165, 1.54) is 33.5 Å². The van der Waals surface area contributed by atoms with Gasteiger partial charge in [-0.25, -0.2) is 4.98 Å². The van der Waals surface area contributed by atoms with Crippen molar-refractivity contribution in [2.24, 2.45) is 5.92 Å². The first-order valence-electron chi connectivity index (χ1n) is 17.3. The normalized spacial score (nSPS) is 20.5. The molecule has 4 atom stereocenters. The number of alkyl halides is 3. The Morgan fingerprint density at radius 3 is 2.57 bits per heavy atom. The van der Waals surface area contributed by atoms with Crippen LogP contribution >= 0.6 is 0 Å². The van der Waals surface area contributed by atoms with E-state index in [0.717, 1.165) is 48.4 Å². The Labute approximate surface area is 300 Å². The van der Waals surface area contributed by atoms with E-state index < -0.39 is 34.9 Å². The summed E-state index contributed by atoms with van der Waals surface area (Å²) in [7, 11) is 2.81. The minimum Gasteiger partial charge on any atom is -0.755 e. The topological polar surface area (TPSA) is 138 Å². The summed E-state index contributed by atoms with van der Waals surface area (Å²) in [6.45, 7) is 11.3. The highest BCUT2D eigenvalue weighted by molar-refractivity contribution is 7.80. The number of nitrogens with one attached hydrogen (secondary N) is 3. The molecule has 2 fully saturated rings. The fourth-order valence-corrected chi connectivity index (χ4v) is 6.90. The van der Waals surface area contributed by atoms with Crippen molar-refractivity contribution in [2.75, 3.05) is 61.8 Å². The Morgan fingerprint density at radius 2 is 1.92 bits per heavy atom. The van der Waals surface area contributed by atoms with Crippen molar-refractivity contribution in [3.63, 3.8) is 0 Å². The number of hydrogen-bond donors (Lipinski definition) is 3. The highest BCUT2D eigenvalue weighted by atomic mass is 32.2. The standard InChI is InChI=1S/C35H49F3N8O4S/c1-22-6-9-27(30(16-22)44(4)51(48)49)19-39-32-28(35(36,37)38)20-40-34(43-32)42-29-11-10-26(18-31(29)50-5)33(47)41-23(2)17-24(3)46-14-12-45(13-15-46)21-25-7-8-25/h6,9-10,16,18,20,23-25,29H,7-8,11-15,17,19,21H2,1-5H3,(H,41,47)(H,48,49)(H2,39,40,42,43)/p-1. The fourth-order valence-electron chi connectivity index (χ4n) is 6.57. The maximum absolute atomic E-state index is 14.0. The number of benzene rings is 1. The van der Waals surface area contributed by atoms with Gasteiger partial charge in [-0.05, 0) is 75.6 Å². The van der Waals surface area contributed by atoms with Crippen molar-refractivity contribution in [3.05, 3.63) is 64.6 Å². The van der Waals surface area contributed by atoms with E-state index in [9.17, 15) is 26.7 Å². The number of nitrogens with zero attached hydrogens (tertiary/aromatic N) is 5. The zero-order valence-corrected chi connectivity index (χ0v) is 30.6. The SMILES string of the molecule is COC1=CC(C(=O)NC(C)CC(C)N2CCN(CC3CC3)CC2)=CCC1Nc1ncc(C(F)(F)F)c(NCc2ccc(C)cc2N(C)S(=O)[O-])n1. The molecule has 3 aliphatic rings. The molecule has 3 N–H and O–H groups in total. The van der Waals surface area contributed by atoms with Gasteiger partial charge in [0.25, 0.3) is 5.91 Å². The highest BCUT2D eigenvalue weighted by Crippen LogP contribution is 2.35. The van der Waals surface area contributed by atoms with Crippen molar-refractivity contribution in [3.8, 4) is 0 Å². The van der Waals surface area contributed by atoms with Gasteiger partial charge in [0, 0.05) is 81.4 Å². The number of halogens is 3. The number of amides is 1. The van der Waals surface area contributed by atoms with Gasteiger partial charge in [-0.3, -0.25) is 13.9 Å². The molecule has 5 rings (SSSR count). The van der Waals surface area contributed by atoms with Crippen molar-refractivity contribution in [1.82, 2.24) is 25.1 Å². The van der Waals surface area contributed by atoms with Gasteiger partial charge < -0.3 is 34.4 Å². The number of aromatic nitrogens is 2. The lowest BCUT2D eigenvalue weighted by Gasteiger charge is -2.39. The van der Waals surface area contributed by atoms with Gasteiger partial charge in [-0.1, -0.05) is 18.2 Å². The summed E-state index contributed by atoms with van der Waals surface area (Å²) in [5.74, 6) is 0.512. The minimum atomic E-state index is -4.75. The maximum atomic E-state index is 14.0. The highest BCUT2D eigenvalue weighted by Gasteiger charge is 2.36. The van der Waals surface area contributed by atoms with Gasteiger partial charge in [-0.15, -0.1) is 0 Å². The van der Waals surface area contributed by atoms with E-state index in [0.29, 0.717) is 41.2 Å².